The normalized spacial score (nSPS) is 13.1. The largest absolute Gasteiger partial charge is 0.313 e. The summed E-state index contributed by atoms with van der Waals surface area (Å²) in [5.41, 5.74) is 2.65. The monoisotopic (exact) mass is 253 g/mol. The van der Waals surface area contributed by atoms with E-state index in [0.717, 1.165) is 10.9 Å². The quantitative estimate of drug-likeness (QED) is 0.773. The standard InChI is InChI=1S/C15H24ClN/c1-11(2)6-5-7-15(17-4)14-9-8-13(16)10-12(14)3/h8-11,15,17H,5-7H2,1-4H3. The molecule has 0 aromatic heterocycles. The molecule has 1 aromatic carbocycles. The van der Waals surface area contributed by atoms with E-state index in [-0.39, 0.29) is 0 Å². The molecule has 0 bridgehead atoms. The number of aryl methyl sites for hydroxylation is 1. The summed E-state index contributed by atoms with van der Waals surface area (Å²) in [5, 5.41) is 4.23. The maximum absolute atomic E-state index is 5.99. The first kappa shape index (κ1) is 14.5. The van der Waals surface area contributed by atoms with Gasteiger partial charge in [-0.15, -0.1) is 0 Å². The van der Waals surface area contributed by atoms with Crippen LogP contribution in [0.5, 0.6) is 0 Å². The van der Waals surface area contributed by atoms with Crippen LogP contribution in [0.2, 0.25) is 5.02 Å². The van der Waals surface area contributed by atoms with Gasteiger partial charge in [-0.05, 0) is 49.6 Å². The van der Waals surface area contributed by atoms with Crippen molar-refractivity contribution in [1.82, 2.24) is 5.32 Å². The molecule has 0 heterocycles. The van der Waals surface area contributed by atoms with Crippen molar-refractivity contribution in [3.63, 3.8) is 0 Å². The molecule has 1 unspecified atom stereocenters. The molecule has 17 heavy (non-hydrogen) atoms. The van der Waals surface area contributed by atoms with Gasteiger partial charge in [-0.1, -0.05) is 44.4 Å². The molecule has 0 saturated carbocycles. The lowest BCUT2D eigenvalue weighted by atomic mass is 9.95. The number of hydrogen-bond acceptors (Lipinski definition) is 1. The Hall–Kier alpha value is -0.530. The fourth-order valence-electron chi connectivity index (χ4n) is 2.22. The van der Waals surface area contributed by atoms with E-state index in [2.05, 4.69) is 32.2 Å². The van der Waals surface area contributed by atoms with Crippen molar-refractivity contribution in [2.75, 3.05) is 7.05 Å². The van der Waals surface area contributed by atoms with Gasteiger partial charge in [0, 0.05) is 11.1 Å². The summed E-state index contributed by atoms with van der Waals surface area (Å²) in [5.74, 6) is 0.791. The minimum absolute atomic E-state index is 0.450. The Labute approximate surface area is 111 Å². The highest BCUT2D eigenvalue weighted by Gasteiger charge is 2.11. The van der Waals surface area contributed by atoms with E-state index in [1.807, 2.05) is 19.2 Å². The predicted molar refractivity (Wildman–Crippen MR) is 76.7 cm³/mol. The van der Waals surface area contributed by atoms with Crippen LogP contribution < -0.4 is 5.32 Å². The highest BCUT2D eigenvalue weighted by atomic mass is 35.5. The molecular formula is C15H24ClN. The Bertz CT molecular complexity index is 347. The molecule has 1 rings (SSSR count). The first-order valence-electron chi connectivity index (χ1n) is 6.48. The minimum atomic E-state index is 0.450. The molecular weight excluding hydrogens is 230 g/mol. The Balaban J connectivity index is 2.66. The van der Waals surface area contributed by atoms with E-state index in [4.69, 9.17) is 11.6 Å². The summed E-state index contributed by atoms with van der Waals surface area (Å²) < 4.78 is 0. The summed E-state index contributed by atoms with van der Waals surface area (Å²) in [6.07, 6.45) is 3.76. The van der Waals surface area contributed by atoms with E-state index in [0.29, 0.717) is 6.04 Å². The van der Waals surface area contributed by atoms with E-state index < -0.39 is 0 Å². The second-order valence-corrected chi connectivity index (χ2v) is 5.60. The van der Waals surface area contributed by atoms with Crippen molar-refractivity contribution < 1.29 is 0 Å². The Kier molecular flexibility index (Phi) is 6.01. The molecule has 96 valence electrons. The average molecular weight is 254 g/mol. The smallest absolute Gasteiger partial charge is 0.0408 e. The topological polar surface area (TPSA) is 12.0 Å². The predicted octanol–water partition coefficient (Wildman–Crippen LogP) is 4.74. The number of benzene rings is 1. The zero-order valence-corrected chi connectivity index (χ0v) is 12.1. The van der Waals surface area contributed by atoms with Crippen LogP contribution in [-0.4, -0.2) is 7.05 Å². The zero-order valence-electron chi connectivity index (χ0n) is 11.4. The molecule has 1 atom stereocenters. The molecule has 1 aromatic rings. The third-order valence-electron chi connectivity index (χ3n) is 3.23. The van der Waals surface area contributed by atoms with Gasteiger partial charge in [-0.2, -0.15) is 0 Å². The van der Waals surface area contributed by atoms with Gasteiger partial charge >= 0.3 is 0 Å². The summed E-state index contributed by atoms with van der Waals surface area (Å²) in [4.78, 5) is 0. The van der Waals surface area contributed by atoms with E-state index in [1.165, 1.54) is 30.4 Å². The van der Waals surface area contributed by atoms with Crippen molar-refractivity contribution in [3.05, 3.63) is 34.3 Å². The highest BCUT2D eigenvalue weighted by Crippen LogP contribution is 2.25. The summed E-state index contributed by atoms with van der Waals surface area (Å²) >= 11 is 5.99. The summed E-state index contributed by atoms with van der Waals surface area (Å²) in [7, 11) is 2.04. The van der Waals surface area contributed by atoms with Crippen molar-refractivity contribution in [2.45, 2.75) is 46.1 Å². The number of hydrogen-bond donors (Lipinski definition) is 1. The van der Waals surface area contributed by atoms with Crippen LogP contribution in [-0.2, 0) is 0 Å². The van der Waals surface area contributed by atoms with Crippen molar-refractivity contribution in [2.24, 2.45) is 5.92 Å². The van der Waals surface area contributed by atoms with Crippen LogP contribution in [0.25, 0.3) is 0 Å². The van der Waals surface area contributed by atoms with Gasteiger partial charge in [0.1, 0.15) is 0 Å². The van der Waals surface area contributed by atoms with E-state index in [1.54, 1.807) is 0 Å². The minimum Gasteiger partial charge on any atom is -0.313 e. The van der Waals surface area contributed by atoms with Gasteiger partial charge in [-0.25, -0.2) is 0 Å². The molecule has 0 amide bonds. The summed E-state index contributed by atoms with van der Waals surface area (Å²) in [6.45, 7) is 6.69. The van der Waals surface area contributed by atoms with Crippen LogP contribution in [0.4, 0.5) is 0 Å². The lowest BCUT2D eigenvalue weighted by Crippen LogP contribution is -2.17. The third kappa shape index (κ3) is 4.69. The van der Waals surface area contributed by atoms with Crippen LogP contribution in [0.1, 0.15) is 50.3 Å². The third-order valence-corrected chi connectivity index (χ3v) is 3.47. The number of rotatable bonds is 6. The van der Waals surface area contributed by atoms with Crippen molar-refractivity contribution in [1.29, 1.82) is 0 Å². The Morgan fingerprint density at radius 2 is 1.94 bits per heavy atom. The van der Waals surface area contributed by atoms with Gasteiger partial charge < -0.3 is 5.32 Å². The lowest BCUT2D eigenvalue weighted by molar-refractivity contribution is 0.469. The van der Waals surface area contributed by atoms with Crippen LogP contribution in [0.15, 0.2) is 18.2 Å². The second-order valence-electron chi connectivity index (χ2n) is 5.17. The average Bonchev–Trinajstić information content (AvgIpc) is 2.25. The number of halogens is 1. The molecule has 0 fully saturated rings. The van der Waals surface area contributed by atoms with E-state index in [9.17, 15) is 0 Å². The Morgan fingerprint density at radius 1 is 1.24 bits per heavy atom. The maximum Gasteiger partial charge on any atom is 0.0408 e. The fourth-order valence-corrected chi connectivity index (χ4v) is 2.44. The zero-order chi connectivity index (χ0) is 12.8. The van der Waals surface area contributed by atoms with Crippen LogP contribution in [0.3, 0.4) is 0 Å². The van der Waals surface area contributed by atoms with Crippen LogP contribution >= 0.6 is 11.6 Å². The van der Waals surface area contributed by atoms with Gasteiger partial charge in [0.2, 0.25) is 0 Å². The maximum atomic E-state index is 5.99. The SMILES string of the molecule is CNC(CCCC(C)C)c1ccc(Cl)cc1C. The Morgan fingerprint density at radius 3 is 2.47 bits per heavy atom. The van der Waals surface area contributed by atoms with Gasteiger partial charge in [-0.3, -0.25) is 0 Å². The molecule has 0 aliphatic heterocycles. The van der Waals surface area contributed by atoms with Crippen molar-refractivity contribution in [3.8, 4) is 0 Å². The first-order valence-corrected chi connectivity index (χ1v) is 6.85. The first-order chi connectivity index (χ1) is 8.04. The van der Waals surface area contributed by atoms with Gasteiger partial charge in [0.05, 0.1) is 0 Å². The fraction of sp³-hybridized carbons (Fsp3) is 0.600. The molecule has 2 heteroatoms. The van der Waals surface area contributed by atoms with Gasteiger partial charge in [0.25, 0.3) is 0 Å². The molecule has 0 spiro atoms. The molecule has 0 aliphatic rings. The lowest BCUT2D eigenvalue weighted by Gasteiger charge is -2.19. The highest BCUT2D eigenvalue weighted by molar-refractivity contribution is 6.30. The number of nitrogens with one attached hydrogen (secondary N) is 1. The molecule has 0 radical (unpaired) electrons. The molecule has 0 saturated heterocycles. The molecule has 1 nitrogen and oxygen atoms in total. The van der Waals surface area contributed by atoms with Crippen molar-refractivity contribution >= 4 is 11.6 Å². The second kappa shape index (κ2) is 7.03. The van der Waals surface area contributed by atoms with Gasteiger partial charge in [0.15, 0.2) is 0 Å². The molecule has 0 aliphatic carbocycles. The summed E-state index contributed by atoms with van der Waals surface area (Å²) in [6, 6.07) is 6.63. The van der Waals surface area contributed by atoms with E-state index >= 15 is 0 Å². The molecule has 1 N–H and O–H groups in total. The van der Waals surface area contributed by atoms with Crippen LogP contribution in [0, 0.1) is 12.8 Å².